The Hall–Kier alpha value is -3.66. The number of fused-ring (bicyclic) bond motifs is 1. The smallest absolute Gasteiger partial charge is 0.410 e. The summed E-state index contributed by atoms with van der Waals surface area (Å²) >= 11 is 0. The van der Waals surface area contributed by atoms with E-state index in [2.05, 4.69) is 9.71 Å². The van der Waals surface area contributed by atoms with Gasteiger partial charge in [-0.3, -0.25) is 14.5 Å². The lowest BCUT2D eigenvalue weighted by atomic mass is 9.82. The van der Waals surface area contributed by atoms with Crippen LogP contribution in [0.4, 0.5) is 10.5 Å². The van der Waals surface area contributed by atoms with Crippen LogP contribution in [-0.2, 0) is 14.8 Å². The van der Waals surface area contributed by atoms with Crippen molar-refractivity contribution in [3.8, 4) is 0 Å². The predicted octanol–water partition coefficient (Wildman–Crippen LogP) is 4.90. The fourth-order valence-electron chi connectivity index (χ4n) is 5.72. The molecule has 39 heavy (non-hydrogen) atoms. The minimum Gasteiger partial charge on any atom is -0.450 e. The summed E-state index contributed by atoms with van der Waals surface area (Å²) in [4.78, 5) is 34.0. The van der Waals surface area contributed by atoms with E-state index < -0.39 is 10.0 Å². The number of ether oxygens (including phenoxy) is 1. The second kappa shape index (κ2) is 11.6. The van der Waals surface area contributed by atoms with Gasteiger partial charge in [0.25, 0.3) is 15.9 Å². The Kier molecular flexibility index (Phi) is 8.02. The van der Waals surface area contributed by atoms with Crippen molar-refractivity contribution in [2.45, 2.75) is 50.0 Å². The molecule has 206 valence electrons. The summed E-state index contributed by atoms with van der Waals surface area (Å²) in [6, 6.07) is 15.0. The molecule has 1 N–H and O–H groups in total. The van der Waals surface area contributed by atoms with Crippen molar-refractivity contribution >= 4 is 38.6 Å². The zero-order valence-electron chi connectivity index (χ0n) is 22.1. The molecule has 2 amide bonds. The van der Waals surface area contributed by atoms with Crippen LogP contribution in [0.5, 0.6) is 0 Å². The van der Waals surface area contributed by atoms with Crippen LogP contribution in [0.3, 0.4) is 0 Å². The van der Waals surface area contributed by atoms with Gasteiger partial charge in [-0.1, -0.05) is 37.5 Å². The van der Waals surface area contributed by atoms with Crippen LogP contribution >= 0.6 is 0 Å². The van der Waals surface area contributed by atoms with Crippen LogP contribution in [0, 0.1) is 5.92 Å². The fourth-order valence-corrected chi connectivity index (χ4v) is 6.96. The number of aromatic nitrogens is 1. The Bertz CT molecular complexity index is 1430. The van der Waals surface area contributed by atoms with E-state index in [0.717, 1.165) is 31.1 Å². The van der Waals surface area contributed by atoms with E-state index in [1.165, 1.54) is 12.5 Å². The molecule has 1 saturated carbocycles. The Morgan fingerprint density at radius 2 is 1.74 bits per heavy atom. The van der Waals surface area contributed by atoms with Crippen LogP contribution < -0.4 is 4.72 Å². The lowest BCUT2D eigenvalue weighted by molar-refractivity contribution is 0.0192. The third kappa shape index (κ3) is 5.85. The van der Waals surface area contributed by atoms with Gasteiger partial charge < -0.3 is 14.5 Å². The van der Waals surface area contributed by atoms with Gasteiger partial charge in [0.1, 0.15) is 4.90 Å². The first-order chi connectivity index (χ1) is 18.9. The van der Waals surface area contributed by atoms with E-state index in [-0.39, 0.29) is 22.9 Å². The summed E-state index contributed by atoms with van der Waals surface area (Å²) in [5.41, 5.74) is 1.22. The Morgan fingerprint density at radius 3 is 2.49 bits per heavy atom. The van der Waals surface area contributed by atoms with Gasteiger partial charge in [0.05, 0.1) is 18.2 Å². The Balaban J connectivity index is 1.30. The maximum Gasteiger partial charge on any atom is 0.410 e. The average molecular weight is 551 g/mol. The van der Waals surface area contributed by atoms with Gasteiger partial charge >= 0.3 is 6.09 Å². The van der Waals surface area contributed by atoms with E-state index in [0.29, 0.717) is 48.9 Å². The van der Waals surface area contributed by atoms with Crippen molar-refractivity contribution < 1.29 is 22.7 Å². The number of sulfonamides is 1. The van der Waals surface area contributed by atoms with Crippen molar-refractivity contribution in [2.75, 3.05) is 31.0 Å². The molecule has 1 aliphatic carbocycles. The second-order valence-corrected chi connectivity index (χ2v) is 11.8. The highest BCUT2D eigenvalue weighted by molar-refractivity contribution is 7.93. The monoisotopic (exact) mass is 550 g/mol. The lowest BCUT2D eigenvalue weighted by Crippen LogP contribution is -2.59. The quantitative estimate of drug-likeness (QED) is 0.468. The summed E-state index contributed by atoms with van der Waals surface area (Å²) in [5.74, 6) is 0.214. The molecular formula is C29H34N4O5S. The fraction of sp³-hybridized carbons (Fsp3) is 0.414. The number of nitrogens with zero attached hydrogens (tertiary/aromatic N) is 3. The van der Waals surface area contributed by atoms with Gasteiger partial charge in [-0.2, -0.15) is 0 Å². The number of nitrogens with one attached hydrogen (secondary N) is 1. The van der Waals surface area contributed by atoms with E-state index in [4.69, 9.17) is 4.74 Å². The minimum atomic E-state index is -3.89. The number of rotatable bonds is 6. The molecule has 1 aromatic heterocycles. The van der Waals surface area contributed by atoms with E-state index in [9.17, 15) is 18.0 Å². The summed E-state index contributed by atoms with van der Waals surface area (Å²) in [6.07, 6.45) is 6.83. The molecule has 0 radical (unpaired) electrons. The molecule has 2 fully saturated rings. The van der Waals surface area contributed by atoms with E-state index in [1.54, 1.807) is 54.4 Å². The van der Waals surface area contributed by atoms with Gasteiger partial charge in [0, 0.05) is 42.5 Å². The van der Waals surface area contributed by atoms with Crippen molar-refractivity contribution in [3.05, 3.63) is 66.4 Å². The number of benzene rings is 2. The lowest BCUT2D eigenvalue weighted by Gasteiger charge is -2.45. The molecule has 2 aliphatic rings. The molecule has 1 atom stereocenters. The molecule has 9 nitrogen and oxygen atoms in total. The molecule has 2 heterocycles. The zero-order valence-corrected chi connectivity index (χ0v) is 22.9. The summed E-state index contributed by atoms with van der Waals surface area (Å²) in [7, 11) is -3.89. The molecule has 3 aromatic rings. The van der Waals surface area contributed by atoms with Crippen LogP contribution in [0.2, 0.25) is 0 Å². The highest BCUT2D eigenvalue weighted by Crippen LogP contribution is 2.32. The number of hydrogen-bond donors (Lipinski definition) is 1. The molecule has 5 rings (SSSR count). The summed E-state index contributed by atoms with van der Waals surface area (Å²) in [5, 5.41) is 0.732. The number of piperazine rings is 1. The number of hydrogen-bond acceptors (Lipinski definition) is 6. The number of para-hydroxylation sites is 1. The maximum absolute atomic E-state index is 13.4. The molecule has 2 aromatic carbocycles. The molecular weight excluding hydrogens is 516 g/mol. The molecule has 0 bridgehead atoms. The van der Waals surface area contributed by atoms with E-state index in [1.807, 2.05) is 17.0 Å². The van der Waals surface area contributed by atoms with Crippen LogP contribution in [0.15, 0.2) is 65.7 Å². The third-order valence-corrected chi connectivity index (χ3v) is 9.08. The van der Waals surface area contributed by atoms with Gasteiger partial charge in [0.15, 0.2) is 0 Å². The van der Waals surface area contributed by atoms with Gasteiger partial charge in [0.2, 0.25) is 0 Å². The van der Waals surface area contributed by atoms with Crippen molar-refractivity contribution in [1.82, 2.24) is 14.8 Å². The number of pyridine rings is 1. The second-order valence-electron chi connectivity index (χ2n) is 10.1. The first-order valence-corrected chi connectivity index (χ1v) is 15.0. The first kappa shape index (κ1) is 26.9. The number of carbonyl (C=O) groups is 2. The standard InChI is InChI=1S/C29H34N4O5S/c1-2-38-29(35)33-19-18-32(20-25(33)21-8-4-3-5-9-21)28(34)23-13-15-24(16-14-23)31-39(36,37)26-12-6-10-22-11-7-17-30-27(22)26/h6-7,10-17,21,25,31H,2-5,8-9,18-20H2,1H3. The van der Waals surface area contributed by atoms with Gasteiger partial charge in [-0.25, -0.2) is 13.2 Å². The Labute approximate surface area is 229 Å². The van der Waals surface area contributed by atoms with E-state index >= 15 is 0 Å². The minimum absolute atomic E-state index is 0.0672. The Morgan fingerprint density at radius 1 is 1.00 bits per heavy atom. The number of anilines is 1. The zero-order chi connectivity index (χ0) is 27.4. The SMILES string of the molecule is CCOC(=O)N1CCN(C(=O)c2ccc(NS(=O)(=O)c3cccc4cccnc34)cc2)CC1C1CCCCC1. The highest BCUT2D eigenvalue weighted by atomic mass is 32.2. The predicted molar refractivity (Wildman–Crippen MR) is 149 cm³/mol. The van der Waals surface area contributed by atoms with Crippen LogP contribution in [0.1, 0.15) is 49.4 Å². The number of carbonyl (C=O) groups excluding carboxylic acids is 2. The highest BCUT2D eigenvalue weighted by Gasteiger charge is 2.38. The van der Waals surface area contributed by atoms with Crippen LogP contribution in [0.25, 0.3) is 10.9 Å². The summed E-state index contributed by atoms with van der Waals surface area (Å²) in [6.45, 7) is 3.44. The molecule has 1 aliphatic heterocycles. The van der Waals surface area contributed by atoms with Gasteiger partial charge in [-0.05, 0) is 62.1 Å². The van der Waals surface area contributed by atoms with Crippen LogP contribution in [-0.4, -0.2) is 67.5 Å². The average Bonchev–Trinajstić information content (AvgIpc) is 2.97. The first-order valence-electron chi connectivity index (χ1n) is 13.6. The summed E-state index contributed by atoms with van der Waals surface area (Å²) < 4.78 is 34.2. The number of amides is 2. The molecule has 0 spiro atoms. The topological polar surface area (TPSA) is 109 Å². The van der Waals surface area contributed by atoms with Crippen molar-refractivity contribution in [2.24, 2.45) is 5.92 Å². The molecule has 1 unspecified atom stereocenters. The normalized spacial score (nSPS) is 18.6. The largest absolute Gasteiger partial charge is 0.450 e. The van der Waals surface area contributed by atoms with Crippen molar-refractivity contribution in [1.29, 1.82) is 0 Å². The van der Waals surface area contributed by atoms with Crippen molar-refractivity contribution in [3.63, 3.8) is 0 Å². The molecule has 1 saturated heterocycles. The maximum atomic E-state index is 13.4. The molecule has 10 heteroatoms. The van der Waals surface area contributed by atoms with Gasteiger partial charge in [-0.15, -0.1) is 0 Å². The third-order valence-electron chi connectivity index (χ3n) is 7.67.